The smallest absolute Gasteiger partial charge is 0.305 e. The number of methoxy groups -OCH3 is 2. The Balaban J connectivity index is 2.66. The molecule has 0 atom stereocenters. The van der Waals surface area contributed by atoms with Crippen molar-refractivity contribution in [3.05, 3.63) is 23.8 Å². The van der Waals surface area contributed by atoms with E-state index in [4.69, 9.17) is 14.2 Å². The summed E-state index contributed by atoms with van der Waals surface area (Å²) in [4.78, 5) is 23.4. The van der Waals surface area contributed by atoms with Gasteiger partial charge in [0.25, 0.3) is 0 Å². The van der Waals surface area contributed by atoms with Crippen LogP contribution in [0, 0.1) is 0 Å². The maximum atomic E-state index is 12.1. The molecule has 1 rings (SSSR count). The van der Waals surface area contributed by atoms with Crippen molar-refractivity contribution in [2.24, 2.45) is 0 Å². The summed E-state index contributed by atoms with van der Waals surface area (Å²) in [5, 5.41) is 0. The maximum Gasteiger partial charge on any atom is 0.305 e. The Hall–Kier alpha value is -2.04. The van der Waals surface area contributed by atoms with E-state index in [-0.39, 0.29) is 24.6 Å². The molecule has 0 fully saturated rings. The Kier molecular flexibility index (Phi) is 6.56. The molecular weight excluding hydrogens is 260 g/mol. The average molecular weight is 280 g/mol. The molecular formula is C15H20O5. The van der Waals surface area contributed by atoms with Crippen LogP contribution in [0.1, 0.15) is 36.5 Å². The van der Waals surface area contributed by atoms with Gasteiger partial charge in [-0.25, -0.2) is 0 Å². The fourth-order valence-electron chi connectivity index (χ4n) is 1.87. The Labute approximate surface area is 118 Å². The molecule has 0 unspecified atom stereocenters. The highest BCUT2D eigenvalue weighted by molar-refractivity contribution is 5.99. The summed E-state index contributed by atoms with van der Waals surface area (Å²) in [7, 11) is 3.01. The maximum absolute atomic E-state index is 12.1. The summed E-state index contributed by atoms with van der Waals surface area (Å²) in [6, 6.07) is 5.15. The van der Waals surface area contributed by atoms with Crippen LogP contribution in [-0.2, 0) is 9.53 Å². The summed E-state index contributed by atoms with van der Waals surface area (Å²) in [5.74, 6) is 0.586. The Morgan fingerprint density at radius 3 is 2.45 bits per heavy atom. The summed E-state index contributed by atoms with van der Waals surface area (Å²) in [5.41, 5.74) is 0.468. The number of Topliss-reactive ketones (excluding diaryl/α,β-unsaturated/α-hetero) is 1. The van der Waals surface area contributed by atoms with Crippen LogP contribution in [0.4, 0.5) is 0 Å². The lowest BCUT2D eigenvalue weighted by atomic mass is 10.0. The number of esters is 1. The zero-order valence-corrected chi connectivity index (χ0v) is 12.1. The summed E-state index contributed by atoms with van der Waals surface area (Å²) < 4.78 is 15.2. The minimum Gasteiger partial charge on any atom is -0.493 e. The molecule has 0 saturated carbocycles. The second-order valence-electron chi connectivity index (χ2n) is 4.12. The van der Waals surface area contributed by atoms with E-state index in [1.54, 1.807) is 25.1 Å². The number of carbonyl (C=O) groups excluding carboxylic acids is 2. The third-order valence-corrected chi connectivity index (χ3v) is 2.79. The van der Waals surface area contributed by atoms with Crippen LogP contribution in [0.5, 0.6) is 11.5 Å². The van der Waals surface area contributed by atoms with Gasteiger partial charge in [-0.3, -0.25) is 9.59 Å². The number of hydrogen-bond acceptors (Lipinski definition) is 5. The molecule has 0 aliphatic heterocycles. The van der Waals surface area contributed by atoms with Crippen molar-refractivity contribution in [3.63, 3.8) is 0 Å². The Morgan fingerprint density at radius 2 is 1.85 bits per heavy atom. The standard InChI is InChI=1S/C15H20O5/c1-4-20-14(17)10-6-8-12(16)11-7-5-9-13(18-2)15(11)19-3/h5,7,9H,4,6,8,10H2,1-3H3. The lowest BCUT2D eigenvalue weighted by Crippen LogP contribution is -2.07. The highest BCUT2D eigenvalue weighted by Gasteiger charge is 2.16. The predicted octanol–water partition coefficient (Wildman–Crippen LogP) is 2.62. The van der Waals surface area contributed by atoms with Gasteiger partial charge in [0.1, 0.15) is 0 Å². The van der Waals surface area contributed by atoms with E-state index < -0.39 is 0 Å². The molecule has 0 aliphatic rings. The molecule has 0 amide bonds. The van der Waals surface area contributed by atoms with Crippen molar-refractivity contribution in [3.8, 4) is 11.5 Å². The highest BCUT2D eigenvalue weighted by atomic mass is 16.5. The molecule has 1 aromatic rings. The summed E-state index contributed by atoms with van der Waals surface area (Å²) >= 11 is 0. The van der Waals surface area contributed by atoms with Crippen LogP contribution in [-0.4, -0.2) is 32.6 Å². The Morgan fingerprint density at radius 1 is 1.10 bits per heavy atom. The quantitative estimate of drug-likeness (QED) is 0.541. The molecule has 5 heteroatoms. The second-order valence-corrected chi connectivity index (χ2v) is 4.12. The monoisotopic (exact) mass is 280 g/mol. The van der Waals surface area contributed by atoms with Crippen LogP contribution in [0.3, 0.4) is 0 Å². The van der Waals surface area contributed by atoms with Crippen LogP contribution < -0.4 is 9.47 Å². The SMILES string of the molecule is CCOC(=O)CCCC(=O)c1cccc(OC)c1OC. The number of para-hydroxylation sites is 1. The topological polar surface area (TPSA) is 61.8 Å². The van der Waals surface area contributed by atoms with Gasteiger partial charge in [0.2, 0.25) is 0 Å². The number of ether oxygens (including phenoxy) is 3. The molecule has 0 bridgehead atoms. The number of benzene rings is 1. The van der Waals surface area contributed by atoms with Crippen molar-refractivity contribution in [1.82, 2.24) is 0 Å². The lowest BCUT2D eigenvalue weighted by molar-refractivity contribution is -0.143. The first-order chi connectivity index (χ1) is 9.63. The third-order valence-electron chi connectivity index (χ3n) is 2.79. The largest absolute Gasteiger partial charge is 0.493 e. The molecule has 110 valence electrons. The molecule has 20 heavy (non-hydrogen) atoms. The van der Waals surface area contributed by atoms with Crippen LogP contribution in [0.15, 0.2) is 18.2 Å². The van der Waals surface area contributed by atoms with E-state index in [0.29, 0.717) is 30.1 Å². The van der Waals surface area contributed by atoms with Gasteiger partial charge in [-0.2, -0.15) is 0 Å². The van der Waals surface area contributed by atoms with Crippen LogP contribution in [0.2, 0.25) is 0 Å². The van der Waals surface area contributed by atoms with Gasteiger partial charge < -0.3 is 14.2 Å². The van der Waals surface area contributed by atoms with Crippen LogP contribution >= 0.6 is 0 Å². The highest BCUT2D eigenvalue weighted by Crippen LogP contribution is 2.31. The minimum atomic E-state index is -0.280. The molecule has 0 aromatic heterocycles. The molecule has 0 aliphatic carbocycles. The lowest BCUT2D eigenvalue weighted by Gasteiger charge is -2.11. The molecule has 0 heterocycles. The van der Waals surface area contributed by atoms with Crippen LogP contribution in [0.25, 0.3) is 0 Å². The average Bonchev–Trinajstić information content (AvgIpc) is 2.46. The Bertz CT molecular complexity index is 467. The molecule has 0 spiro atoms. The summed E-state index contributed by atoms with van der Waals surface area (Å²) in [6.45, 7) is 2.11. The van der Waals surface area contributed by atoms with Gasteiger partial charge in [-0.15, -0.1) is 0 Å². The van der Waals surface area contributed by atoms with Gasteiger partial charge in [0.05, 0.1) is 26.4 Å². The van der Waals surface area contributed by atoms with E-state index in [9.17, 15) is 9.59 Å². The normalized spacial score (nSPS) is 9.95. The fraction of sp³-hybridized carbons (Fsp3) is 0.467. The van der Waals surface area contributed by atoms with Gasteiger partial charge in [-0.1, -0.05) is 6.07 Å². The van der Waals surface area contributed by atoms with Crippen molar-refractivity contribution in [2.75, 3.05) is 20.8 Å². The van der Waals surface area contributed by atoms with E-state index in [2.05, 4.69) is 0 Å². The minimum absolute atomic E-state index is 0.0787. The number of ketones is 1. The zero-order valence-electron chi connectivity index (χ0n) is 12.1. The van der Waals surface area contributed by atoms with Gasteiger partial charge in [-0.05, 0) is 25.5 Å². The van der Waals surface area contributed by atoms with Crippen molar-refractivity contribution in [1.29, 1.82) is 0 Å². The molecule has 0 N–H and O–H groups in total. The molecule has 0 saturated heterocycles. The van der Waals surface area contributed by atoms with Crippen molar-refractivity contribution < 1.29 is 23.8 Å². The van der Waals surface area contributed by atoms with Gasteiger partial charge in [0.15, 0.2) is 17.3 Å². The zero-order chi connectivity index (χ0) is 15.0. The third kappa shape index (κ3) is 4.26. The van der Waals surface area contributed by atoms with Gasteiger partial charge in [0, 0.05) is 12.8 Å². The van der Waals surface area contributed by atoms with Crippen molar-refractivity contribution >= 4 is 11.8 Å². The fourth-order valence-corrected chi connectivity index (χ4v) is 1.87. The van der Waals surface area contributed by atoms with Gasteiger partial charge >= 0.3 is 5.97 Å². The molecule has 5 nitrogen and oxygen atoms in total. The van der Waals surface area contributed by atoms with E-state index >= 15 is 0 Å². The predicted molar refractivity (Wildman–Crippen MR) is 74.4 cm³/mol. The first kappa shape index (κ1) is 16.0. The van der Waals surface area contributed by atoms with E-state index in [1.165, 1.54) is 14.2 Å². The van der Waals surface area contributed by atoms with E-state index in [1.807, 2.05) is 0 Å². The van der Waals surface area contributed by atoms with Crippen molar-refractivity contribution in [2.45, 2.75) is 26.2 Å². The first-order valence-electron chi connectivity index (χ1n) is 6.53. The number of hydrogen-bond donors (Lipinski definition) is 0. The first-order valence-corrected chi connectivity index (χ1v) is 6.53. The number of carbonyl (C=O) groups is 2. The molecule has 0 radical (unpaired) electrons. The van der Waals surface area contributed by atoms with E-state index in [0.717, 1.165) is 0 Å². The summed E-state index contributed by atoms with van der Waals surface area (Å²) in [6.07, 6.45) is 0.965. The second kappa shape index (κ2) is 8.19. The number of rotatable bonds is 8. The molecule has 1 aromatic carbocycles.